The maximum Gasteiger partial charge on any atom is 0.261 e. The third kappa shape index (κ3) is 7.51. The molecule has 0 heterocycles. The Balaban J connectivity index is 1.74. The van der Waals surface area contributed by atoms with Gasteiger partial charge in [0, 0.05) is 11.6 Å². The summed E-state index contributed by atoms with van der Waals surface area (Å²) < 4.78 is 11.4. The molecule has 2 aromatic rings. The van der Waals surface area contributed by atoms with Gasteiger partial charge in [0.1, 0.15) is 11.5 Å². The summed E-state index contributed by atoms with van der Waals surface area (Å²) >= 11 is 5.96. The van der Waals surface area contributed by atoms with Gasteiger partial charge in [-0.3, -0.25) is 4.79 Å². The summed E-state index contributed by atoms with van der Waals surface area (Å²) in [5, 5.41) is 3.55. The fraction of sp³-hybridized carbons (Fsp3) is 0.409. The zero-order valence-corrected chi connectivity index (χ0v) is 17.0. The van der Waals surface area contributed by atoms with Crippen LogP contribution in [-0.2, 0) is 11.2 Å². The lowest BCUT2D eigenvalue weighted by molar-refractivity contribution is -0.128. The van der Waals surface area contributed by atoms with Crippen molar-refractivity contribution in [2.45, 2.75) is 52.2 Å². The van der Waals surface area contributed by atoms with Gasteiger partial charge in [-0.15, -0.1) is 0 Å². The lowest BCUT2D eigenvalue weighted by Gasteiger charge is -2.17. The highest BCUT2D eigenvalue weighted by molar-refractivity contribution is 6.30. The van der Waals surface area contributed by atoms with Gasteiger partial charge in [-0.05, 0) is 69.0 Å². The smallest absolute Gasteiger partial charge is 0.261 e. The SMILES string of the molecule is CC[C@H](Oc1cccc(Cl)c1)C(=O)NCCCc1ccc(OC(C)C)cc1. The highest BCUT2D eigenvalue weighted by Gasteiger charge is 2.17. The summed E-state index contributed by atoms with van der Waals surface area (Å²) in [5.74, 6) is 1.39. The van der Waals surface area contributed by atoms with Crippen LogP contribution in [0.2, 0.25) is 5.02 Å². The van der Waals surface area contributed by atoms with E-state index < -0.39 is 6.10 Å². The van der Waals surface area contributed by atoms with Crippen molar-refractivity contribution < 1.29 is 14.3 Å². The van der Waals surface area contributed by atoms with E-state index in [9.17, 15) is 4.79 Å². The number of nitrogens with one attached hydrogen (secondary N) is 1. The Bertz CT molecular complexity index is 716. The number of ether oxygens (including phenoxy) is 2. The Morgan fingerprint density at radius 3 is 2.44 bits per heavy atom. The summed E-state index contributed by atoms with van der Waals surface area (Å²) in [6.45, 7) is 6.56. The molecule has 2 rings (SSSR count). The summed E-state index contributed by atoms with van der Waals surface area (Å²) in [5.41, 5.74) is 1.22. The number of aryl methyl sites for hydroxylation is 1. The van der Waals surface area contributed by atoms with Gasteiger partial charge in [0.05, 0.1) is 6.10 Å². The average molecular weight is 390 g/mol. The van der Waals surface area contributed by atoms with Crippen LogP contribution in [0.3, 0.4) is 0 Å². The molecule has 2 aromatic carbocycles. The molecule has 0 saturated carbocycles. The van der Waals surface area contributed by atoms with Gasteiger partial charge in [0.25, 0.3) is 5.91 Å². The Morgan fingerprint density at radius 1 is 1.07 bits per heavy atom. The molecular formula is C22H28ClNO3. The molecule has 0 aliphatic rings. The molecular weight excluding hydrogens is 362 g/mol. The largest absolute Gasteiger partial charge is 0.491 e. The van der Waals surface area contributed by atoms with Crippen LogP contribution >= 0.6 is 11.6 Å². The third-order valence-corrected chi connectivity index (χ3v) is 4.21. The standard InChI is InChI=1S/C22H28ClNO3/c1-4-21(27-20-9-5-8-18(23)15-20)22(25)24-14-6-7-17-10-12-19(13-11-17)26-16(2)3/h5,8-13,15-16,21H,4,6-7,14H2,1-3H3,(H,24,25)/t21-/m0/s1. The molecule has 0 unspecified atom stereocenters. The zero-order valence-electron chi connectivity index (χ0n) is 16.2. The molecule has 5 heteroatoms. The van der Waals surface area contributed by atoms with E-state index in [0.29, 0.717) is 23.7 Å². The van der Waals surface area contributed by atoms with Crippen molar-refractivity contribution in [3.05, 3.63) is 59.1 Å². The number of carbonyl (C=O) groups is 1. The van der Waals surface area contributed by atoms with Gasteiger partial charge in [-0.25, -0.2) is 0 Å². The Morgan fingerprint density at radius 2 is 1.81 bits per heavy atom. The molecule has 0 saturated heterocycles. The fourth-order valence-corrected chi connectivity index (χ4v) is 2.83. The minimum Gasteiger partial charge on any atom is -0.491 e. The van der Waals surface area contributed by atoms with E-state index in [0.717, 1.165) is 18.6 Å². The van der Waals surface area contributed by atoms with Crippen LogP contribution in [0.4, 0.5) is 0 Å². The number of hydrogen-bond acceptors (Lipinski definition) is 3. The van der Waals surface area contributed by atoms with Crippen molar-refractivity contribution in [3.63, 3.8) is 0 Å². The van der Waals surface area contributed by atoms with Crippen molar-refractivity contribution in [2.75, 3.05) is 6.54 Å². The van der Waals surface area contributed by atoms with Crippen LogP contribution in [0.25, 0.3) is 0 Å². The molecule has 0 fully saturated rings. The van der Waals surface area contributed by atoms with E-state index in [1.54, 1.807) is 24.3 Å². The van der Waals surface area contributed by atoms with E-state index in [-0.39, 0.29) is 12.0 Å². The van der Waals surface area contributed by atoms with E-state index in [1.165, 1.54) is 5.56 Å². The molecule has 0 aliphatic carbocycles. The van der Waals surface area contributed by atoms with Crippen molar-refractivity contribution in [3.8, 4) is 11.5 Å². The molecule has 27 heavy (non-hydrogen) atoms. The maximum atomic E-state index is 12.3. The molecule has 0 radical (unpaired) electrons. The topological polar surface area (TPSA) is 47.6 Å². The second kappa shape index (κ2) is 10.8. The average Bonchev–Trinajstić information content (AvgIpc) is 2.64. The molecule has 1 amide bonds. The lowest BCUT2D eigenvalue weighted by Crippen LogP contribution is -2.38. The first kappa shape index (κ1) is 21.1. The van der Waals surface area contributed by atoms with Crippen molar-refractivity contribution in [1.29, 1.82) is 0 Å². The number of rotatable bonds is 10. The summed E-state index contributed by atoms with van der Waals surface area (Å²) in [6.07, 6.45) is 2.01. The van der Waals surface area contributed by atoms with Crippen molar-refractivity contribution >= 4 is 17.5 Å². The van der Waals surface area contributed by atoms with Crippen LogP contribution in [0, 0.1) is 0 Å². The van der Waals surface area contributed by atoms with E-state index in [2.05, 4.69) is 17.4 Å². The third-order valence-electron chi connectivity index (χ3n) is 3.97. The van der Waals surface area contributed by atoms with Gasteiger partial charge < -0.3 is 14.8 Å². The van der Waals surface area contributed by atoms with Crippen LogP contribution in [0.15, 0.2) is 48.5 Å². The molecule has 146 valence electrons. The minimum absolute atomic E-state index is 0.0989. The number of halogens is 1. The summed E-state index contributed by atoms with van der Waals surface area (Å²) in [6, 6.07) is 15.2. The van der Waals surface area contributed by atoms with Gasteiger partial charge in [-0.2, -0.15) is 0 Å². The first-order valence-corrected chi connectivity index (χ1v) is 9.81. The first-order chi connectivity index (χ1) is 13.0. The molecule has 0 bridgehead atoms. The predicted octanol–water partition coefficient (Wildman–Crippen LogP) is 5.03. The number of amides is 1. The van der Waals surface area contributed by atoms with Gasteiger partial charge in [-0.1, -0.05) is 36.7 Å². The Kier molecular flexibility index (Phi) is 8.46. The summed E-state index contributed by atoms with van der Waals surface area (Å²) in [4.78, 5) is 12.3. The molecule has 0 aliphatic heterocycles. The number of benzene rings is 2. The van der Waals surface area contributed by atoms with Gasteiger partial charge in [0.2, 0.25) is 0 Å². The highest BCUT2D eigenvalue weighted by Crippen LogP contribution is 2.19. The number of carbonyl (C=O) groups excluding carboxylic acids is 1. The predicted molar refractivity (Wildman–Crippen MR) is 110 cm³/mol. The van der Waals surface area contributed by atoms with Crippen LogP contribution in [0.5, 0.6) is 11.5 Å². The van der Waals surface area contributed by atoms with Crippen molar-refractivity contribution in [2.24, 2.45) is 0 Å². The molecule has 0 aromatic heterocycles. The molecule has 0 spiro atoms. The molecule has 1 N–H and O–H groups in total. The van der Waals surface area contributed by atoms with Gasteiger partial charge >= 0.3 is 0 Å². The normalized spacial score (nSPS) is 11.9. The first-order valence-electron chi connectivity index (χ1n) is 9.43. The van der Waals surface area contributed by atoms with Crippen LogP contribution in [0.1, 0.15) is 39.2 Å². The van der Waals surface area contributed by atoms with Crippen LogP contribution < -0.4 is 14.8 Å². The van der Waals surface area contributed by atoms with E-state index in [4.69, 9.17) is 21.1 Å². The number of hydrogen-bond donors (Lipinski definition) is 1. The Hall–Kier alpha value is -2.20. The zero-order chi connectivity index (χ0) is 19.6. The van der Waals surface area contributed by atoms with E-state index in [1.807, 2.05) is 32.9 Å². The van der Waals surface area contributed by atoms with Crippen LogP contribution in [-0.4, -0.2) is 24.7 Å². The quantitative estimate of drug-likeness (QED) is 0.579. The second-order valence-electron chi connectivity index (χ2n) is 6.68. The fourth-order valence-electron chi connectivity index (χ4n) is 2.65. The highest BCUT2D eigenvalue weighted by atomic mass is 35.5. The minimum atomic E-state index is -0.518. The lowest BCUT2D eigenvalue weighted by atomic mass is 10.1. The second-order valence-corrected chi connectivity index (χ2v) is 7.11. The van der Waals surface area contributed by atoms with E-state index >= 15 is 0 Å². The molecule has 1 atom stereocenters. The summed E-state index contributed by atoms with van der Waals surface area (Å²) in [7, 11) is 0. The van der Waals surface area contributed by atoms with Gasteiger partial charge in [0.15, 0.2) is 6.10 Å². The Labute approximate surface area is 166 Å². The van der Waals surface area contributed by atoms with Crippen molar-refractivity contribution in [1.82, 2.24) is 5.32 Å². The maximum absolute atomic E-state index is 12.3. The molecule has 4 nitrogen and oxygen atoms in total. The monoisotopic (exact) mass is 389 g/mol.